The zero-order chi connectivity index (χ0) is 17.6. The minimum atomic E-state index is -0.732. The van der Waals surface area contributed by atoms with E-state index in [-0.39, 0.29) is 11.7 Å². The molecule has 1 aliphatic carbocycles. The zero-order valence-corrected chi connectivity index (χ0v) is 14.8. The molecule has 1 saturated carbocycles. The first kappa shape index (κ1) is 16.3. The molecule has 2 heterocycles. The molecule has 2 aliphatic rings. The molecule has 1 atom stereocenters. The van der Waals surface area contributed by atoms with Gasteiger partial charge >= 0.3 is 0 Å². The van der Waals surface area contributed by atoms with E-state index in [1.54, 1.807) is 17.1 Å². The fourth-order valence-corrected chi connectivity index (χ4v) is 4.23. The summed E-state index contributed by atoms with van der Waals surface area (Å²) in [5.41, 5.74) is 1.83. The number of ketones is 1. The summed E-state index contributed by atoms with van der Waals surface area (Å²) in [5.74, 6) is -0.884. The van der Waals surface area contributed by atoms with Gasteiger partial charge in [-0.25, -0.2) is 4.68 Å². The summed E-state index contributed by atoms with van der Waals surface area (Å²) in [5, 5.41) is 7.77. The highest BCUT2D eigenvalue weighted by Crippen LogP contribution is 2.40. The second-order valence-electron chi connectivity index (χ2n) is 7.07. The van der Waals surface area contributed by atoms with E-state index in [9.17, 15) is 9.59 Å². The van der Waals surface area contributed by atoms with Crippen molar-refractivity contribution in [2.45, 2.75) is 50.5 Å². The largest absolute Gasteiger partial charge is 0.343 e. The van der Waals surface area contributed by atoms with Gasteiger partial charge in [-0.2, -0.15) is 5.10 Å². The molecular weight excluding hydrogens is 338 g/mol. The third kappa shape index (κ3) is 2.67. The van der Waals surface area contributed by atoms with Crippen molar-refractivity contribution in [1.82, 2.24) is 15.1 Å². The molecular formula is C19H20ClN3O2. The molecule has 4 rings (SSSR count). The van der Waals surface area contributed by atoms with E-state index in [0.717, 1.165) is 48.9 Å². The first-order chi connectivity index (χ1) is 12.0. The predicted molar refractivity (Wildman–Crippen MR) is 95.0 cm³/mol. The van der Waals surface area contributed by atoms with Gasteiger partial charge in [-0.05, 0) is 43.0 Å². The van der Waals surface area contributed by atoms with Crippen molar-refractivity contribution in [2.24, 2.45) is 0 Å². The Morgan fingerprint density at radius 3 is 2.68 bits per heavy atom. The molecule has 6 heteroatoms. The van der Waals surface area contributed by atoms with Crippen LogP contribution in [0.25, 0.3) is 5.69 Å². The molecule has 25 heavy (non-hydrogen) atoms. The zero-order valence-electron chi connectivity index (χ0n) is 14.1. The number of aryl methyl sites for hydroxylation is 1. The monoisotopic (exact) mass is 357 g/mol. The van der Waals surface area contributed by atoms with E-state index in [0.29, 0.717) is 5.02 Å². The highest BCUT2D eigenvalue weighted by molar-refractivity contribution is 6.30. The molecule has 1 aliphatic heterocycles. The highest BCUT2D eigenvalue weighted by Gasteiger charge is 2.53. The number of aromatic nitrogens is 2. The molecule has 1 amide bonds. The minimum absolute atomic E-state index is 0.0240. The summed E-state index contributed by atoms with van der Waals surface area (Å²) in [4.78, 5) is 25.9. The smallest absolute Gasteiger partial charge is 0.235 e. The molecule has 2 aromatic rings. The first-order valence-electron chi connectivity index (χ1n) is 8.68. The van der Waals surface area contributed by atoms with Crippen LogP contribution in [0.1, 0.15) is 49.1 Å². The Bertz CT molecular complexity index is 852. The van der Waals surface area contributed by atoms with Crippen LogP contribution in [0.15, 0.2) is 30.6 Å². The molecule has 0 radical (unpaired) electrons. The molecule has 1 N–H and O–H groups in total. The lowest BCUT2D eigenvalue weighted by Gasteiger charge is -2.31. The maximum absolute atomic E-state index is 13.2. The van der Waals surface area contributed by atoms with E-state index in [1.165, 1.54) is 0 Å². The Morgan fingerprint density at radius 1 is 1.24 bits per heavy atom. The van der Waals surface area contributed by atoms with Gasteiger partial charge in [0, 0.05) is 6.20 Å². The highest BCUT2D eigenvalue weighted by atomic mass is 35.5. The minimum Gasteiger partial charge on any atom is -0.343 e. The molecule has 1 unspecified atom stereocenters. The number of rotatable bonds is 2. The molecule has 130 valence electrons. The third-order valence-corrected chi connectivity index (χ3v) is 5.65. The molecule has 1 saturated heterocycles. The Hall–Kier alpha value is -2.14. The second kappa shape index (κ2) is 5.99. The Labute approximate surface area is 151 Å². The number of nitrogens with zero attached hydrogens (tertiary/aromatic N) is 2. The number of carbonyl (C=O) groups is 2. The molecule has 1 spiro atoms. The topological polar surface area (TPSA) is 64.0 Å². The van der Waals surface area contributed by atoms with Gasteiger partial charge in [0.15, 0.2) is 5.78 Å². The van der Waals surface area contributed by atoms with E-state index in [4.69, 9.17) is 11.6 Å². The van der Waals surface area contributed by atoms with Gasteiger partial charge in [0.2, 0.25) is 5.91 Å². The van der Waals surface area contributed by atoms with Crippen molar-refractivity contribution < 1.29 is 9.59 Å². The van der Waals surface area contributed by atoms with Crippen LogP contribution in [0.3, 0.4) is 0 Å². The number of Topliss-reactive ketones (excluding diaryl/α,β-unsaturated/α-hetero) is 1. The van der Waals surface area contributed by atoms with Gasteiger partial charge in [-0.15, -0.1) is 0 Å². The standard InChI is InChI=1S/C19H20ClN3O2/c1-12-5-6-14(23-11-13(20)10-21-23)9-15(12)16-17(24)19(22-18(16)25)7-3-2-4-8-19/h5-6,9-11,16H,2-4,7-8H2,1H3,(H,22,25). The number of hydrogen-bond acceptors (Lipinski definition) is 3. The van der Waals surface area contributed by atoms with Crippen LogP contribution in [-0.2, 0) is 9.59 Å². The van der Waals surface area contributed by atoms with E-state index < -0.39 is 11.5 Å². The normalized spacial score (nSPS) is 22.4. The van der Waals surface area contributed by atoms with Crippen LogP contribution in [-0.4, -0.2) is 27.0 Å². The Morgan fingerprint density at radius 2 is 2.00 bits per heavy atom. The molecule has 1 aromatic carbocycles. The van der Waals surface area contributed by atoms with Crippen molar-refractivity contribution in [1.29, 1.82) is 0 Å². The van der Waals surface area contributed by atoms with E-state index in [1.807, 2.05) is 25.1 Å². The van der Waals surface area contributed by atoms with Crippen molar-refractivity contribution in [3.8, 4) is 5.69 Å². The van der Waals surface area contributed by atoms with Gasteiger partial charge in [0.05, 0.1) is 22.4 Å². The van der Waals surface area contributed by atoms with Crippen molar-refractivity contribution >= 4 is 23.3 Å². The van der Waals surface area contributed by atoms with Crippen molar-refractivity contribution in [2.75, 3.05) is 0 Å². The fraction of sp³-hybridized carbons (Fsp3) is 0.421. The third-order valence-electron chi connectivity index (χ3n) is 5.46. The first-order valence-corrected chi connectivity index (χ1v) is 9.05. The van der Waals surface area contributed by atoms with Crippen LogP contribution in [0.2, 0.25) is 5.02 Å². The lowest BCUT2D eigenvalue weighted by Crippen LogP contribution is -2.47. The van der Waals surface area contributed by atoms with Crippen LogP contribution in [0, 0.1) is 6.92 Å². The predicted octanol–water partition coefficient (Wildman–Crippen LogP) is 3.32. The fourth-order valence-electron chi connectivity index (χ4n) is 4.10. The summed E-state index contributed by atoms with van der Waals surface area (Å²) in [6, 6.07) is 5.71. The Kier molecular flexibility index (Phi) is 3.91. The van der Waals surface area contributed by atoms with E-state index >= 15 is 0 Å². The maximum Gasteiger partial charge on any atom is 0.235 e. The lowest BCUT2D eigenvalue weighted by atomic mass is 9.76. The summed E-state index contributed by atoms with van der Waals surface area (Å²) in [6.07, 6.45) is 7.88. The van der Waals surface area contributed by atoms with Crippen molar-refractivity contribution in [3.63, 3.8) is 0 Å². The number of amides is 1. The van der Waals surface area contributed by atoms with Gasteiger partial charge < -0.3 is 5.32 Å². The average Bonchev–Trinajstić information content (AvgIpc) is 3.12. The molecule has 5 nitrogen and oxygen atoms in total. The van der Waals surface area contributed by atoms with E-state index in [2.05, 4.69) is 10.4 Å². The summed E-state index contributed by atoms with van der Waals surface area (Å²) < 4.78 is 1.65. The number of carbonyl (C=O) groups excluding carboxylic acids is 2. The molecule has 1 aromatic heterocycles. The SMILES string of the molecule is Cc1ccc(-n2cc(Cl)cn2)cc1C1C(=O)NC2(CCCCC2)C1=O. The van der Waals surface area contributed by atoms with Gasteiger partial charge in [-0.1, -0.05) is 36.9 Å². The van der Waals surface area contributed by atoms with Crippen LogP contribution >= 0.6 is 11.6 Å². The van der Waals surface area contributed by atoms with Crippen LogP contribution in [0.4, 0.5) is 0 Å². The van der Waals surface area contributed by atoms with Gasteiger partial charge in [0.25, 0.3) is 0 Å². The quantitative estimate of drug-likeness (QED) is 0.838. The number of halogens is 1. The second-order valence-corrected chi connectivity index (χ2v) is 7.51. The summed E-state index contributed by atoms with van der Waals surface area (Å²) >= 11 is 5.95. The summed E-state index contributed by atoms with van der Waals surface area (Å²) in [6.45, 7) is 1.93. The average molecular weight is 358 g/mol. The van der Waals surface area contributed by atoms with Crippen LogP contribution in [0.5, 0.6) is 0 Å². The number of hydrogen-bond donors (Lipinski definition) is 1. The summed E-state index contributed by atoms with van der Waals surface area (Å²) in [7, 11) is 0. The van der Waals surface area contributed by atoms with Crippen LogP contribution < -0.4 is 5.32 Å². The van der Waals surface area contributed by atoms with Crippen molar-refractivity contribution in [3.05, 3.63) is 46.7 Å². The Balaban J connectivity index is 1.74. The van der Waals surface area contributed by atoms with Gasteiger partial charge in [0.1, 0.15) is 5.92 Å². The molecule has 0 bridgehead atoms. The lowest BCUT2D eigenvalue weighted by molar-refractivity contribution is -0.125. The molecule has 2 fully saturated rings. The maximum atomic E-state index is 13.2. The van der Waals surface area contributed by atoms with Gasteiger partial charge in [-0.3, -0.25) is 9.59 Å². The number of nitrogens with one attached hydrogen (secondary N) is 1. The number of benzene rings is 1.